The summed E-state index contributed by atoms with van der Waals surface area (Å²) in [5, 5.41) is 3.00. The van der Waals surface area contributed by atoms with Crippen molar-refractivity contribution in [3.8, 4) is 16.5 Å². The van der Waals surface area contributed by atoms with Crippen LogP contribution in [-0.2, 0) is 19.6 Å². The summed E-state index contributed by atoms with van der Waals surface area (Å²) < 4.78 is 38.8. The molecule has 0 spiro atoms. The number of hydrogen-bond donors (Lipinski definition) is 1. The number of nitrogens with zero attached hydrogens (tertiary/aromatic N) is 2. The van der Waals surface area contributed by atoms with Crippen molar-refractivity contribution < 1.29 is 22.7 Å². The van der Waals surface area contributed by atoms with E-state index < -0.39 is 10.0 Å². The molecule has 3 heterocycles. The Morgan fingerprint density at radius 1 is 0.891 bits per heavy atom. The van der Waals surface area contributed by atoms with Gasteiger partial charge in [-0.05, 0) is 94.5 Å². The fourth-order valence-corrected chi connectivity index (χ4v) is 8.00. The van der Waals surface area contributed by atoms with E-state index in [1.807, 2.05) is 108 Å². The highest BCUT2D eigenvalue weighted by molar-refractivity contribution is 7.91. The molecule has 11 heteroatoms. The molecule has 0 radical (unpaired) electrons. The summed E-state index contributed by atoms with van der Waals surface area (Å²) in [7, 11) is -3.35. The molecule has 6 rings (SSSR count). The Bertz CT molecular complexity index is 1780. The third-order valence-corrected chi connectivity index (χ3v) is 10.9. The first-order valence-electron chi connectivity index (χ1n) is 15.6. The maximum Gasteiger partial charge on any atom is 0.308 e. The highest BCUT2D eigenvalue weighted by atomic mass is 32.2. The molecule has 1 N–H and O–H groups in total. The van der Waals surface area contributed by atoms with E-state index in [-0.39, 0.29) is 30.1 Å². The summed E-state index contributed by atoms with van der Waals surface area (Å²) in [4.78, 5) is 21.4. The average molecular weight is 682 g/mol. The first-order chi connectivity index (χ1) is 21.9. The van der Waals surface area contributed by atoms with Crippen molar-refractivity contribution in [3.63, 3.8) is 0 Å². The van der Waals surface area contributed by atoms with Gasteiger partial charge >= 0.3 is 5.97 Å². The van der Waals surface area contributed by atoms with E-state index in [1.54, 1.807) is 17.4 Å². The van der Waals surface area contributed by atoms with Gasteiger partial charge in [0.2, 0.25) is 15.9 Å². The van der Waals surface area contributed by atoms with E-state index in [2.05, 4.69) is 9.71 Å². The van der Waals surface area contributed by atoms with Gasteiger partial charge in [0.05, 0.1) is 27.9 Å². The number of sulfonamides is 1. The van der Waals surface area contributed by atoms with Gasteiger partial charge in [-0.2, -0.15) is 0 Å². The van der Waals surface area contributed by atoms with Crippen LogP contribution in [0.1, 0.15) is 67.2 Å². The molecule has 1 saturated carbocycles. The van der Waals surface area contributed by atoms with E-state index in [1.165, 1.54) is 24.2 Å². The molecule has 1 aliphatic carbocycles. The van der Waals surface area contributed by atoms with Crippen LogP contribution in [0, 0.1) is 5.92 Å². The molecule has 5 aromatic rings. The Balaban J connectivity index is 0.000000163. The highest BCUT2D eigenvalue weighted by Gasteiger charge is 2.21. The molecule has 1 aliphatic rings. The van der Waals surface area contributed by atoms with Crippen LogP contribution >= 0.6 is 22.7 Å². The molecule has 46 heavy (non-hydrogen) atoms. The molecule has 3 aromatic heterocycles. The predicted molar refractivity (Wildman–Crippen MR) is 189 cm³/mol. The molecule has 0 unspecified atom stereocenters. The van der Waals surface area contributed by atoms with Crippen LogP contribution < -0.4 is 9.46 Å². The van der Waals surface area contributed by atoms with Crippen LogP contribution in [0.25, 0.3) is 31.7 Å². The molecule has 0 aliphatic heterocycles. The van der Waals surface area contributed by atoms with Crippen molar-refractivity contribution in [3.05, 3.63) is 72.1 Å². The molecule has 8 nitrogen and oxygen atoms in total. The fourth-order valence-electron chi connectivity index (χ4n) is 4.63. The zero-order chi connectivity index (χ0) is 33.3. The lowest BCUT2D eigenvalue weighted by atomic mass is 10.2. The minimum Gasteiger partial charge on any atom is -0.473 e. The number of para-hydroxylation sites is 2. The van der Waals surface area contributed by atoms with E-state index in [4.69, 9.17) is 14.5 Å². The second kappa shape index (κ2) is 16.4. The Hall–Kier alpha value is -3.38. The van der Waals surface area contributed by atoms with Crippen LogP contribution in [0.4, 0.5) is 0 Å². The lowest BCUT2D eigenvalue weighted by Crippen LogP contribution is -2.29. The zero-order valence-electron chi connectivity index (χ0n) is 27.2. The van der Waals surface area contributed by atoms with Gasteiger partial charge in [-0.15, -0.1) is 22.7 Å². The van der Waals surface area contributed by atoms with Crippen LogP contribution in [0.2, 0.25) is 0 Å². The van der Waals surface area contributed by atoms with Gasteiger partial charge in [0.25, 0.3) is 0 Å². The van der Waals surface area contributed by atoms with Gasteiger partial charge in [-0.25, -0.2) is 23.1 Å². The third kappa shape index (κ3) is 10.1. The summed E-state index contributed by atoms with van der Waals surface area (Å²) >= 11 is 2.94. The molecular weight excluding hydrogens is 639 g/mol. The third-order valence-electron chi connectivity index (χ3n) is 6.76. The number of carbonyl (C=O) groups is 1. The number of thiophene rings is 2. The van der Waals surface area contributed by atoms with Crippen molar-refractivity contribution in [1.29, 1.82) is 0 Å². The number of carbonyl (C=O) groups excluding carboxylic acids is 1. The lowest BCUT2D eigenvalue weighted by molar-refractivity contribution is -0.152. The lowest BCUT2D eigenvalue weighted by Gasteiger charge is -2.12. The Morgan fingerprint density at radius 2 is 1.54 bits per heavy atom. The Labute approximate surface area is 280 Å². The van der Waals surface area contributed by atoms with Crippen LogP contribution in [0.15, 0.2) is 76.3 Å². The van der Waals surface area contributed by atoms with Gasteiger partial charge < -0.3 is 9.47 Å². The molecule has 246 valence electrons. The van der Waals surface area contributed by atoms with Crippen molar-refractivity contribution in [1.82, 2.24) is 14.7 Å². The first-order valence-corrected chi connectivity index (χ1v) is 18.8. The molecular formula is C35H43N3O5S3. The van der Waals surface area contributed by atoms with Gasteiger partial charge in [-0.3, -0.25) is 4.79 Å². The predicted octanol–water partition coefficient (Wildman–Crippen LogP) is 8.86. The number of aromatic nitrogens is 2. The topological polar surface area (TPSA) is 107 Å². The second-order valence-corrected chi connectivity index (χ2v) is 15.9. The summed E-state index contributed by atoms with van der Waals surface area (Å²) in [5.41, 5.74) is 2.57. The number of fused-ring (bicyclic) bond motifs is 2. The van der Waals surface area contributed by atoms with Crippen LogP contribution in [-0.4, -0.2) is 42.6 Å². The zero-order valence-corrected chi connectivity index (χ0v) is 29.7. The first kappa shape index (κ1) is 35.5. The maximum absolute atomic E-state index is 11.9. The minimum atomic E-state index is -3.35. The van der Waals surface area contributed by atoms with Crippen molar-refractivity contribution in [2.45, 2.75) is 89.7 Å². The number of nitrogens with one attached hydrogen (secondary N) is 1. The van der Waals surface area contributed by atoms with E-state index >= 15 is 0 Å². The Kier molecular flexibility index (Phi) is 12.7. The largest absolute Gasteiger partial charge is 0.473 e. The maximum atomic E-state index is 11.9. The summed E-state index contributed by atoms with van der Waals surface area (Å²) in [5.74, 6) is 0.587. The monoisotopic (exact) mass is 681 g/mol. The molecule has 1 fully saturated rings. The van der Waals surface area contributed by atoms with Crippen LogP contribution in [0.3, 0.4) is 0 Å². The minimum absolute atomic E-state index is 0.0237. The second-order valence-electron chi connectivity index (χ2n) is 11.9. The number of benzene rings is 2. The molecule has 0 atom stereocenters. The van der Waals surface area contributed by atoms with Crippen molar-refractivity contribution >= 4 is 59.8 Å². The quantitative estimate of drug-likeness (QED) is 0.163. The fraction of sp³-hybridized carbons (Fsp3) is 0.400. The van der Waals surface area contributed by atoms with E-state index in [0.717, 1.165) is 44.5 Å². The van der Waals surface area contributed by atoms with Gasteiger partial charge in [-0.1, -0.05) is 50.2 Å². The molecule has 2 aromatic carbocycles. The normalized spacial score (nSPS) is 13.5. The highest BCUT2D eigenvalue weighted by Crippen LogP contribution is 2.32. The standard InChI is InChI=1S/C15H14N2OS.C11H13NO2S2.C9H16O2/c1-10(2)18-15-14(13-8-5-9-19-13)16-11-6-3-4-7-12(11)17-15;1-8(2)12-16(13,14)11-7-9-5-3-4-6-10(9)15-11;1-7(2)9(10)11-8-5-3-4-6-8/h3-10H,1-2H3;3-8,12H,1-2H3;7-8H,3-6H2,1-2H3. The number of rotatable bonds is 8. The van der Waals surface area contributed by atoms with Crippen molar-refractivity contribution in [2.75, 3.05) is 0 Å². The summed E-state index contributed by atoms with van der Waals surface area (Å²) in [6.07, 6.45) is 4.88. The van der Waals surface area contributed by atoms with Crippen molar-refractivity contribution in [2.24, 2.45) is 5.92 Å². The summed E-state index contributed by atoms with van der Waals surface area (Å²) in [6.45, 7) is 11.4. The number of esters is 1. The molecule has 0 bridgehead atoms. The average Bonchev–Trinajstić information content (AvgIpc) is 3.79. The smallest absolute Gasteiger partial charge is 0.308 e. The summed E-state index contributed by atoms with van der Waals surface area (Å²) in [6, 6.07) is 21.2. The number of hydrogen-bond acceptors (Lipinski definition) is 9. The molecule has 0 saturated heterocycles. The van der Waals surface area contributed by atoms with Gasteiger partial charge in [0.15, 0.2) is 0 Å². The SMILES string of the molecule is CC(C)C(=O)OC1CCCC1.CC(C)NS(=O)(=O)c1cc2ccccc2s1.CC(C)Oc1nc2ccccc2nc1-c1cccs1. The number of ether oxygens (including phenoxy) is 2. The molecule has 0 amide bonds. The van der Waals surface area contributed by atoms with E-state index in [0.29, 0.717) is 10.1 Å². The van der Waals surface area contributed by atoms with Gasteiger partial charge in [0, 0.05) is 10.7 Å². The Morgan fingerprint density at radius 3 is 2.13 bits per heavy atom. The van der Waals surface area contributed by atoms with Crippen LogP contribution in [0.5, 0.6) is 5.88 Å². The van der Waals surface area contributed by atoms with E-state index in [9.17, 15) is 13.2 Å². The van der Waals surface area contributed by atoms with Gasteiger partial charge in [0.1, 0.15) is 16.0 Å².